The predicted octanol–water partition coefficient (Wildman–Crippen LogP) is 5.08. The summed E-state index contributed by atoms with van der Waals surface area (Å²) < 4.78 is 1.13. The summed E-state index contributed by atoms with van der Waals surface area (Å²) >= 11 is 5.29. The van der Waals surface area contributed by atoms with Crippen LogP contribution < -0.4 is 5.73 Å². The van der Waals surface area contributed by atoms with Gasteiger partial charge in [-0.25, -0.2) is 0 Å². The molecule has 0 aliphatic heterocycles. The van der Waals surface area contributed by atoms with Crippen LogP contribution >= 0.6 is 27.7 Å². The Bertz CT molecular complexity index is 343. The van der Waals surface area contributed by atoms with Crippen LogP contribution in [-0.4, -0.2) is 11.8 Å². The Morgan fingerprint density at radius 1 is 1.22 bits per heavy atom. The molecule has 0 saturated heterocycles. The summed E-state index contributed by atoms with van der Waals surface area (Å²) in [4.78, 5) is 1.30. The molecule has 1 aromatic carbocycles. The second-order valence-corrected chi connectivity index (χ2v) is 7.99. The molecule has 1 atom stereocenters. The molecule has 0 bridgehead atoms. The normalized spacial score (nSPS) is 13.6. The average Bonchev–Trinajstić information content (AvgIpc) is 2.26. The van der Waals surface area contributed by atoms with E-state index in [4.69, 9.17) is 5.73 Å². The van der Waals surface area contributed by atoms with Crippen LogP contribution in [0.25, 0.3) is 0 Å². The van der Waals surface area contributed by atoms with Crippen LogP contribution in [0.3, 0.4) is 0 Å². The largest absolute Gasteiger partial charge is 0.327 e. The van der Waals surface area contributed by atoms with Crippen molar-refractivity contribution >= 4 is 27.7 Å². The molecular formula is C15H24BrNS. The molecule has 2 N–H and O–H groups in total. The molecule has 0 aliphatic carbocycles. The molecule has 0 aliphatic rings. The zero-order valence-corrected chi connectivity index (χ0v) is 14.0. The van der Waals surface area contributed by atoms with Crippen molar-refractivity contribution in [2.24, 2.45) is 11.1 Å². The van der Waals surface area contributed by atoms with Gasteiger partial charge in [0.15, 0.2) is 0 Å². The summed E-state index contributed by atoms with van der Waals surface area (Å²) in [5, 5.41) is 0. The highest BCUT2D eigenvalue weighted by molar-refractivity contribution is 9.10. The van der Waals surface area contributed by atoms with Gasteiger partial charge in [0.1, 0.15) is 0 Å². The van der Waals surface area contributed by atoms with Crippen LogP contribution in [0.4, 0.5) is 0 Å². The molecule has 0 radical (unpaired) electrons. The summed E-state index contributed by atoms with van der Waals surface area (Å²) in [5.74, 6) is 1.01. The van der Waals surface area contributed by atoms with Gasteiger partial charge in [-0.1, -0.05) is 43.1 Å². The minimum atomic E-state index is 0.306. The van der Waals surface area contributed by atoms with Gasteiger partial charge < -0.3 is 5.73 Å². The van der Waals surface area contributed by atoms with Crippen LogP contribution in [-0.2, 0) is 0 Å². The van der Waals surface area contributed by atoms with Gasteiger partial charge in [-0.05, 0) is 42.5 Å². The topological polar surface area (TPSA) is 26.0 Å². The molecule has 0 spiro atoms. The fraction of sp³-hybridized carbons (Fsp3) is 0.600. The minimum absolute atomic E-state index is 0.306. The molecule has 1 nitrogen and oxygen atoms in total. The van der Waals surface area contributed by atoms with E-state index in [-0.39, 0.29) is 0 Å². The number of benzene rings is 1. The number of hydrogen-bond donors (Lipinski definition) is 1. The van der Waals surface area contributed by atoms with Crippen molar-refractivity contribution in [3.05, 3.63) is 28.7 Å². The molecule has 1 unspecified atom stereocenters. The summed E-state index contributed by atoms with van der Waals surface area (Å²) in [6.45, 7) is 6.86. The molecule has 3 heteroatoms. The lowest BCUT2D eigenvalue weighted by Crippen LogP contribution is -2.23. The maximum Gasteiger partial charge on any atom is 0.0176 e. The second kappa shape index (κ2) is 7.56. The van der Waals surface area contributed by atoms with Gasteiger partial charge >= 0.3 is 0 Å². The summed E-state index contributed by atoms with van der Waals surface area (Å²) in [6.07, 6.45) is 3.61. The molecule has 1 aromatic rings. The van der Waals surface area contributed by atoms with Crippen molar-refractivity contribution in [1.82, 2.24) is 0 Å². The average molecular weight is 330 g/mol. The number of nitrogens with two attached hydrogens (primary N) is 1. The van der Waals surface area contributed by atoms with Crippen molar-refractivity contribution in [3.8, 4) is 0 Å². The lowest BCUT2D eigenvalue weighted by Gasteiger charge is -2.19. The van der Waals surface area contributed by atoms with Crippen molar-refractivity contribution in [2.75, 3.05) is 5.75 Å². The highest BCUT2D eigenvalue weighted by atomic mass is 79.9. The Kier molecular flexibility index (Phi) is 6.75. The van der Waals surface area contributed by atoms with Gasteiger partial charge in [-0.3, -0.25) is 0 Å². The standard InChI is InChI=1S/C15H24BrNS/c1-15(2,3)10-4-5-13(17)11-18-14-8-6-12(16)7-9-14/h6-9,13H,4-5,10-11,17H2,1-3H3. The highest BCUT2D eigenvalue weighted by Gasteiger charge is 2.11. The van der Waals surface area contributed by atoms with E-state index in [9.17, 15) is 0 Å². The number of rotatable bonds is 6. The molecule has 18 heavy (non-hydrogen) atoms. The Balaban J connectivity index is 2.21. The van der Waals surface area contributed by atoms with Gasteiger partial charge in [-0.15, -0.1) is 11.8 Å². The van der Waals surface area contributed by atoms with Crippen LogP contribution in [0.5, 0.6) is 0 Å². The first-order valence-corrected chi connectivity index (χ1v) is 8.29. The quantitative estimate of drug-likeness (QED) is 0.736. The van der Waals surface area contributed by atoms with Crippen molar-refractivity contribution in [3.63, 3.8) is 0 Å². The van der Waals surface area contributed by atoms with E-state index in [2.05, 4.69) is 61.0 Å². The van der Waals surface area contributed by atoms with Crippen molar-refractivity contribution in [1.29, 1.82) is 0 Å². The third kappa shape index (κ3) is 7.45. The Labute approximate surface area is 124 Å². The Morgan fingerprint density at radius 3 is 2.39 bits per heavy atom. The van der Waals surface area contributed by atoms with Crippen LogP contribution in [0, 0.1) is 5.41 Å². The first kappa shape index (κ1) is 16.1. The van der Waals surface area contributed by atoms with Crippen molar-refractivity contribution < 1.29 is 0 Å². The molecule has 102 valence electrons. The number of hydrogen-bond acceptors (Lipinski definition) is 2. The highest BCUT2D eigenvalue weighted by Crippen LogP contribution is 2.24. The summed E-state index contributed by atoms with van der Waals surface area (Å²) in [7, 11) is 0. The number of thioether (sulfide) groups is 1. The maximum atomic E-state index is 6.15. The summed E-state index contributed by atoms with van der Waals surface area (Å²) in [6, 6.07) is 8.73. The van der Waals surface area contributed by atoms with Gasteiger partial charge in [0, 0.05) is 21.2 Å². The zero-order valence-electron chi connectivity index (χ0n) is 11.6. The van der Waals surface area contributed by atoms with Crippen molar-refractivity contribution in [2.45, 2.75) is 51.0 Å². The fourth-order valence-corrected chi connectivity index (χ4v) is 2.88. The van der Waals surface area contributed by atoms with Gasteiger partial charge in [0.05, 0.1) is 0 Å². The third-order valence-corrected chi connectivity index (χ3v) is 4.51. The molecule has 1 rings (SSSR count). The molecule has 0 aromatic heterocycles. The van der Waals surface area contributed by atoms with Gasteiger partial charge in [0.2, 0.25) is 0 Å². The predicted molar refractivity (Wildman–Crippen MR) is 86.1 cm³/mol. The first-order valence-electron chi connectivity index (χ1n) is 6.51. The van der Waals surface area contributed by atoms with E-state index in [1.807, 2.05) is 11.8 Å². The molecule has 0 fully saturated rings. The van der Waals surface area contributed by atoms with Gasteiger partial charge in [-0.2, -0.15) is 0 Å². The first-order chi connectivity index (χ1) is 8.37. The maximum absolute atomic E-state index is 6.15. The van der Waals surface area contributed by atoms with E-state index in [0.717, 1.165) is 16.6 Å². The SMILES string of the molecule is CC(C)(C)CCCC(N)CSc1ccc(Br)cc1. The van der Waals surface area contributed by atoms with E-state index < -0.39 is 0 Å². The second-order valence-electron chi connectivity index (χ2n) is 5.98. The summed E-state index contributed by atoms with van der Waals surface area (Å²) in [5.41, 5.74) is 6.58. The lowest BCUT2D eigenvalue weighted by atomic mass is 9.89. The van der Waals surface area contributed by atoms with Crippen LogP contribution in [0.15, 0.2) is 33.6 Å². The lowest BCUT2D eigenvalue weighted by molar-refractivity contribution is 0.355. The molecule has 0 saturated carbocycles. The number of halogens is 1. The molecular weight excluding hydrogens is 306 g/mol. The smallest absolute Gasteiger partial charge is 0.0176 e. The van der Waals surface area contributed by atoms with E-state index >= 15 is 0 Å². The van der Waals surface area contributed by atoms with E-state index in [1.165, 1.54) is 17.7 Å². The van der Waals surface area contributed by atoms with E-state index in [1.54, 1.807) is 0 Å². The Hall–Kier alpha value is 0.01000. The van der Waals surface area contributed by atoms with Crippen LogP contribution in [0.2, 0.25) is 0 Å². The fourth-order valence-electron chi connectivity index (χ4n) is 1.71. The molecule has 0 heterocycles. The van der Waals surface area contributed by atoms with Crippen LogP contribution in [0.1, 0.15) is 40.0 Å². The van der Waals surface area contributed by atoms with E-state index in [0.29, 0.717) is 11.5 Å². The van der Waals surface area contributed by atoms with Gasteiger partial charge in [0.25, 0.3) is 0 Å². The monoisotopic (exact) mass is 329 g/mol. The molecule has 0 amide bonds. The minimum Gasteiger partial charge on any atom is -0.327 e. The zero-order chi connectivity index (χ0) is 13.6. The Morgan fingerprint density at radius 2 is 1.83 bits per heavy atom. The third-order valence-electron chi connectivity index (χ3n) is 2.78.